The minimum absolute atomic E-state index is 0.111. The highest BCUT2D eigenvalue weighted by Crippen LogP contribution is 2.05. The van der Waals surface area contributed by atoms with Crippen LogP contribution in [-0.2, 0) is 4.74 Å². The van der Waals surface area contributed by atoms with Gasteiger partial charge in [-0.2, -0.15) is 0 Å². The van der Waals surface area contributed by atoms with Crippen molar-refractivity contribution in [3.8, 4) is 0 Å². The summed E-state index contributed by atoms with van der Waals surface area (Å²) in [5, 5.41) is 6.06. The summed E-state index contributed by atoms with van der Waals surface area (Å²) in [6, 6.07) is 3.62. The molecule has 1 aromatic rings. The molecule has 1 aromatic heterocycles. The van der Waals surface area contributed by atoms with Crippen LogP contribution in [0.25, 0.3) is 0 Å². The molecule has 0 unspecified atom stereocenters. The SMILES string of the molecule is CCNc1ccc(C(=O)NCCCN2CCOCC2)nc1. The van der Waals surface area contributed by atoms with E-state index in [-0.39, 0.29) is 5.91 Å². The molecule has 116 valence electrons. The Kier molecular flexibility index (Phi) is 6.43. The van der Waals surface area contributed by atoms with Gasteiger partial charge in [-0.3, -0.25) is 9.69 Å². The maximum absolute atomic E-state index is 11.9. The van der Waals surface area contributed by atoms with Crippen LogP contribution in [0.3, 0.4) is 0 Å². The Labute approximate surface area is 125 Å². The highest BCUT2D eigenvalue weighted by Gasteiger charge is 2.10. The Morgan fingerprint density at radius 3 is 2.86 bits per heavy atom. The zero-order valence-corrected chi connectivity index (χ0v) is 12.6. The van der Waals surface area contributed by atoms with Crippen molar-refractivity contribution in [2.24, 2.45) is 0 Å². The number of morpholine rings is 1. The molecule has 0 aromatic carbocycles. The van der Waals surface area contributed by atoms with Crippen LogP contribution in [-0.4, -0.2) is 61.7 Å². The predicted molar refractivity (Wildman–Crippen MR) is 82.6 cm³/mol. The van der Waals surface area contributed by atoms with Crippen LogP contribution in [0.4, 0.5) is 5.69 Å². The molecule has 0 bridgehead atoms. The first kappa shape index (κ1) is 15.7. The lowest BCUT2D eigenvalue weighted by atomic mass is 10.3. The monoisotopic (exact) mass is 292 g/mol. The zero-order chi connectivity index (χ0) is 14.9. The van der Waals surface area contributed by atoms with E-state index in [0.29, 0.717) is 12.2 Å². The van der Waals surface area contributed by atoms with Gasteiger partial charge >= 0.3 is 0 Å². The number of anilines is 1. The number of nitrogens with one attached hydrogen (secondary N) is 2. The molecule has 0 atom stereocenters. The Morgan fingerprint density at radius 1 is 1.38 bits per heavy atom. The van der Waals surface area contributed by atoms with Gasteiger partial charge in [0, 0.05) is 26.2 Å². The molecule has 1 fully saturated rings. The zero-order valence-electron chi connectivity index (χ0n) is 12.6. The second-order valence-corrected chi connectivity index (χ2v) is 5.03. The maximum atomic E-state index is 11.9. The standard InChI is InChI=1S/C15H24N4O2/c1-2-16-13-4-5-14(18-12-13)15(20)17-6-3-7-19-8-10-21-11-9-19/h4-5,12,16H,2-3,6-11H2,1H3,(H,17,20). The van der Waals surface area contributed by atoms with Gasteiger partial charge in [-0.1, -0.05) is 0 Å². The number of hydrogen-bond acceptors (Lipinski definition) is 5. The van der Waals surface area contributed by atoms with Crippen LogP contribution in [0.2, 0.25) is 0 Å². The number of pyridine rings is 1. The summed E-state index contributed by atoms with van der Waals surface area (Å²) < 4.78 is 5.30. The van der Waals surface area contributed by atoms with Gasteiger partial charge in [0.25, 0.3) is 5.91 Å². The smallest absolute Gasteiger partial charge is 0.269 e. The van der Waals surface area contributed by atoms with Crippen molar-refractivity contribution in [3.63, 3.8) is 0 Å². The molecule has 1 aliphatic heterocycles. The molecular weight excluding hydrogens is 268 g/mol. The number of carbonyl (C=O) groups is 1. The van der Waals surface area contributed by atoms with Crippen LogP contribution < -0.4 is 10.6 Å². The Morgan fingerprint density at radius 2 is 2.19 bits per heavy atom. The summed E-state index contributed by atoms with van der Waals surface area (Å²) in [5.74, 6) is -0.111. The molecule has 2 rings (SSSR count). The van der Waals surface area contributed by atoms with E-state index in [1.807, 2.05) is 13.0 Å². The van der Waals surface area contributed by atoms with Gasteiger partial charge in [0.1, 0.15) is 5.69 Å². The van der Waals surface area contributed by atoms with Crippen molar-refractivity contribution in [3.05, 3.63) is 24.0 Å². The second kappa shape index (κ2) is 8.59. The third-order valence-corrected chi connectivity index (χ3v) is 3.42. The second-order valence-electron chi connectivity index (χ2n) is 5.03. The van der Waals surface area contributed by atoms with Crippen molar-refractivity contribution in [1.29, 1.82) is 0 Å². The van der Waals surface area contributed by atoms with Gasteiger partial charge in [0.15, 0.2) is 0 Å². The van der Waals surface area contributed by atoms with Gasteiger partial charge < -0.3 is 15.4 Å². The average Bonchev–Trinajstić information content (AvgIpc) is 2.53. The molecule has 1 saturated heterocycles. The van der Waals surface area contributed by atoms with Crippen LogP contribution in [0.15, 0.2) is 18.3 Å². The lowest BCUT2D eigenvalue weighted by Crippen LogP contribution is -2.38. The number of carbonyl (C=O) groups excluding carboxylic acids is 1. The van der Waals surface area contributed by atoms with Crippen molar-refractivity contribution in [2.75, 3.05) is 51.3 Å². The van der Waals surface area contributed by atoms with E-state index in [1.54, 1.807) is 12.3 Å². The summed E-state index contributed by atoms with van der Waals surface area (Å²) >= 11 is 0. The Bertz CT molecular complexity index is 430. The molecule has 1 amide bonds. The summed E-state index contributed by atoms with van der Waals surface area (Å²) in [6.45, 7) is 8.14. The van der Waals surface area contributed by atoms with E-state index < -0.39 is 0 Å². The molecule has 2 heterocycles. The lowest BCUT2D eigenvalue weighted by Gasteiger charge is -2.26. The van der Waals surface area contributed by atoms with E-state index in [9.17, 15) is 4.79 Å². The number of ether oxygens (including phenoxy) is 1. The van der Waals surface area contributed by atoms with E-state index in [2.05, 4.69) is 20.5 Å². The fraction of sp³-hybridized carbons (Fsp3) is 0.600. The third-order valence-electron chi connectivity index (χ3n) is 3.42. The van der Waals surface area contributed by atoms with E-state index in [0.717, 1.165) is 51.5 Å². The highest BCUT2D eigenvalue weighted by atomic mass is 16.5. The molecule has 6 heteroatoms. The van der Waals surface area contributed by atoms with E-state index >= 15 is 0 Å². The van der Waals surface area contributed by atoms with E-state index in [1.165, 1.54) is 0 Å². The number of rotatable bonds is 7. The molecule has 2 N–H and O–H groups in total. The molecule has 6 nitrogen and oxygen atoms in total. The minimum atomic E-state index is -0.111. The van der Waals surface area contributed by atoms with Gasteiger partial charge in [0.2, 0.25) is 0 Å². The molecule has 0 radical (unpaired) electrons. The average molecular weight is 292 g/mol. The summed E-state index contributed by atoms with van der Waals surface area (Å²) in [7, 11) is 0. The fourth-order valence-electron chi connectivity index (χ4n) is 2.26. The normalized spacial score (nSPS) is 15.7. The largest absolute Gasteiger partial charge is 0.384 e. The minimum Gasteiger partial charge on any atom is -0.384 e. The molecule has 21 heavy (non-hydrogen) atoms. The first-order valence-electron chi connectivity index (χ1n) is 7.58. The quantitative estimate of drug-likeness (QED) is 0.733. The van der Waals surface area contributed by atoms with Gasteiger partial charge in [-0.15, -0.1) is 0 Å². The van der Waals surface area contributed by atoms with Crippen molar-refractivity contribution >= 4 is 11.6 Å². The number of nitrogens with zero attached hydrogens (tertiary/aromatic N) is 2. The van der Waals surface area contributed by atoms with Gasteiger partial charge in [-0.25, -0.2) is 4.98 Å². The third kappa shape index (κ3) is 5.32. The first-order valence-corrected chi connectivity index (χ1v) is 7.58. The van der Waals surface area contributed by atoms with Crippen LogP contribution >= 0.6 is 0 Å². The maximum Gasteiger partial charge on any atom is 0.269 e. The van der Waals surface area contributed by atoms with Gasteiger partial charge in [0.05, 0.1) is 25.1 Å². The summed E-state index contributed by atoms with van der Waals surface area (Å²) in [5.41, 5.74) is 1.39. The van der Waals surface area contributed by atoms with Crippen LogP contribution in [0.5, 0.6) is 0 Å². The Balaban J connectivity index is 1.66. The van der Waals surface area contributed by atoms with E-state index in [4.69, 9.17) is 4.74 Å². The number of amides is 1. The molecular formula is C15H24N4O2. The molecule has 0 spiro atoms. The first-order chi connectivity index (χ1) is 10.3. The van der Waals surface area contributed by atoms with Crippen LogP contribution in [0.1, 0.15) is 23.8 Å². The van der Waals surface area contributed by atoms with Gasteiger partial charge in [-0.05, 0) is 32.0 Å². The molecule has 1 aliphatic rings. The fourth-order valence-corrected chi connectivity index (χ4v) is 2.26. The topological polar surface area (TPSA) is 66.5 Å². The highest BCUT2D eigenvalue weighted by molar-refractivity contribution is 5.92. The predicted octanol–water partition coefficient (Wildman–Crippen LogP) is 0.965. The number of aromatic nitrogens is 1. The van der Waals surface area contributed by atoms with Crippen molar-refractivity contribution < 1.29 is 9.53 Å². The van der Waals surface area contributed by atoms with Crippen LogP contribution in [0, 0.1) is 0 Å². The lowest BCUT2D eigenvalue weighted by molar-refractivity contribution is 0.0374. The summed E-state index contributed by atoms with van der Waals surface area (Å²) in [6.07, 6.45) is 2.63. The number of hydrogen-bond donors (Lipinski definition) is 2. The van der Waals surface area contributed by atoms with Crippen molar-refractivity contribution in [2.45, 2.75) is 13.3 Å². The molecule has 0 aliphatic carbocycles. The summed E-state index contributed by atoms with van der Waals surface area (Å²) in [4.78, 5) is 18.5. The Hall–Kier alpha value is -1.66. The molecule has 0 saturated carbocycles. The van der Waals surface area contributed by atoms with Crippen molar-refractivity contribution in [1.82, 2.24) is 15.2 Å².